The molecule has 0 bridgehead atoms. The van der Waals surface area contributed by atoms with Crippen LogP contribution in [0, 0.1) is 0 Å². The van der Waals surface area contributed by atoms with E-state index in [1.807, 2.05) is 42.5 Å². The van der Waals surface area contributed by atoms with Gasteiger partial charge in [0.2, 0.25) is 0 Å². The minimum atomic E-state index is 0.511. The van der Waals surface area contributed by atoms with Crippen molar-refractivity contribution in [1.29, 1.82) is 0 Å². The lowest BCUT2D eigenvalue weighted by Crippen LogP contribution is -1.99. The molecular formula is C19H17N5. The van der Waals surface area contributed by atoms with E-state index in [2.05, 4.69) is 0 Å². The van der Waals surface area contributed by atoms with E-state index in [0.29, 0.717) is 22.7 Å². The normalized spacial score (nSPS) is 11.2. The highest BCUT2D eigenvalue weighted by Gasteiger charge is 2.14. The van der Waals surface area contributed by atoms with Crippen molar-refractivity contribution >= 4 is 44.6 Å². The average Bonchev–Trinajstić information content (AvgIpc) is 2.57. The molecule has 0 aliphatic heterocycles. The molecule has 118 valence electrons. The monoisotopic (exact) mass is 315 g/mol. The van der Waals surface area contributed by atoms with Crippen molar-refractivity contribution in [2.45, 2.75) is 0 Å². The number of aromatic nitrogens is 1. The lowest BCUT2D eigenvalue weighted by molar-refractivity contribution is 1.49. The quantitative estimate of drug-likeness (QED) is 0.317. The molecule has 0 spiro atoms. The van der Waals surface area contributed by atoms with Gasteiger partial charge in [-0.25, -0.2) is 4.98 Å². The SMILES string of the molecule is Nc1cc2nc3cc(N)c(N)cc3c(-c3ccccc3)c2cc1N. The maximum atomic E-state index is 6.03. The molecule has 1 heterocycles. The predicted molar refractivity (Wildman–Crippen MR) is 102 cm³/mol. The van der Waals surface area contributed by atoms with Crippen LogP contribution in [0.4, 0.5) is 22.7 Å². The molecule has 8 N–H and O–H groups in total. The number of hydrogen-bond acceptors (Lipinski definition) is 5. The van der Waals surface area contributed by atoms with Gasteiger partial charge < -0.3 is 22.9 Å². The lowest BCUT2D eigenvalue weighted by Gasteiger charge is -2.14. The Morgan fingerprint density at radius 2 is 1.04 bits per heavy atom. The van der Waals surface area contributed by atoms with E-state index in [0.717, 1.165) is 32.9 Å². The summed E-state index contributed by atoms with van der Waals surface area (Å²) < 4.78 is 0. The van der Waals surface area contributed by atoms with Crippen LogP contribution in [0.1, 0.15) is 0 Å². The first kappa shape index (κ1) is 14.1. The molecule has 4 rings (SSSR count). The number of rotatable bonds is 1. The predicted octanol–water partition coefficient (Wildman–Crippen LogP) is 3.38. The van der Waals surface area contributed by atoms with Gasteiger partial charge >= 0.3 is 0 Å². The minimum absolute atomic E-state index is 0.511. The van der Waals surface area contributed by atoms with Crippen LogP contribution in [0.3, 0.4) is 0 Å². The maximum absolute atomic E-state index is 6.03. The molecule has 0 saturated heterocycles. The molecule has 0 amide bonds. The molecule has 24 heavy (non-hydrogen) atoms. The third-order valence-corrected chi connectivity index (χ3v) is 4.24. The van der Waals surface area contributed by atoms with Gasteiger partial charge in [-0.1, -0.05) is 30.3 Å². The summed E-state index contributed by atoms with van der Waals surface area (Å²) in [5.74, 6) is 0. The van der Waals surface area contributed by atoms with Crippen LogP contribution < -0.4 is 22.9 Å². The van der Waals surface area contributed by atoms with Crippen molar-refractivity contribution in [2.75, 3.05) is 22.9 Å². The zero-order chi connectivity index (χ0) is 16.8. The summed E-state index contributed by atoms with van der Waals surface area (Å²) in [6, 6.07) is 17.4. The third-order valence-electron chi connectivity index (χ3n) is 4.24. The number of nitrogen functional groups attached to an aromatic ring is 4. The molecule has 0 radical (unpaired) electrons. The number of fused-ring (bicyclic) bond motifs is 2. The standard InChI is InChI=1S/C19H17N5/c20-13-6-11-17(8-15(13)22)24-18-9-16(23)14(21)7-12(18)19(11)10-4-2-1-3-5-10/h1-9H,20-23H2. The van der Waals surface area contributed by atoms with Crippen molar-refractivity contribution in [3.8, 4) is 11.1 Å². The summed E-state index contributed by atoms with van der Waals surface area (Å²) >= 11 is 0. The zero-order valence-corrected chi connectivity index (χ0v) is 13.0. The van der Waals surface area contributed by atoms with Crippen molar-refractivity contribution in [1.82, 2.24) is 4.98 Å². The van der Waals surface area contributed by atoms with Crippen LogP contribution in [0.5, 0.6) is 0 Å². The Morgan fingerprint density at radius 3 is 1.54 bits per heavy atom. The van der Waals surface area contributed by atoms with E-state index in [1.54, 1.807) is 12.1 Å². The number of nitrogens with two attached hydrogens (primary N) is 4. The molecule has 0 fully saturated rings. The number of anilines is 4. The average molecular weight is 315 g/mol. The Balaban J connectivity index is 2.25. The van der Waals surface area contributed by atoms with Crippen molar-refractivity contribution in [2.24, 2.45) is 0 Å². The van der Waals surface area contributed by atoms with Gasteiger partial charge in [0.25, 0.3) is 0 Å². The lowest BCUT2D eigenvalue weighted by atomic mass is 9.95. The fourth-order valence-corrected chi connectivity index (χ4v) is 3.02. The van der Waals surface area contributed by atoms with E-state index in [1.165, 1.54) is 0 Å². The summed E-state index contributed by atoms with van der Waals surface area (Å²) in [6.45, 7) is 0. The van der Waals surface area contributed by atoms with E-state index in [-0.39, 0.29) is 0 Å². The third kappa shape index (κ3) is 2.06. The molecule has 4 aromatic rings. The highest BCUT2D eigenvalue weighted by molar-refractivity contribution is 6.12. The maximum Gasteiger partial charge on any atom is 0.0738 e. The largest absolute Gasteiger partial charge is 0.397 e. The molecule has 5 nitrogen and oxygen atoms in total. The van der Waals surface area contributed by atoms with Gasteiger partial charge in [0, 0.05) is 16.3 Å². The molecular weight excluding hydrogens is 298 g/mol. The second-order valence-electron chi connectivity index (χ2n) is 5.85. The molecule has 0 unspecified atom stereocenters. The second kappa shape index (κ2) is 5.03. The Hall–Kier alpha value is -3.47. The summed E-state index contributed by atoms with van der Waals surface area (Å²) in [6.07, 6.45) is 0. The molecule has 5 heteroatoms. The van der Waals surface area contributed by atoms with Gasteiger partial charge in [0.15, 0.2) is 0 Å². The fraction of sp³-hybridized carbons (Fsp3) is 0. The van der Waals surface area contributed by atoms with Crippen LogP contribution >= 0.6 is 0 Å². The molecule has 1 aromatic heterocycles. The second-order valence-corrected chi connectivity index (χ2v) is 5.85. The molecule has 0 aliphatic carbocycles. The zero-order valence-electron chi connectivity index (χ0n) is 13.0. The van der Waals surface area contributed by atoms with Crippen molar-refractivity contribution in [3.05, 3.63) is 54.6 Å². The van der Waals surface area contributed by atoms with E-state index in [9.17, 15) is 0 Å². The van der Waals surface area contributed by atoms with Gasteiger partial charge in [-0.2, -0.15) is 0 Å². The first-order chi connectivity index (χ1) is 11.5. The van der Waals surface area contributed by atoms with E-state index < -0.39 is 0 Å². The highest BCUT2D eigenvalue weighted by Crippen LogP contribution is 2.38. The number of hydrogen-bond donors (Lipinski definition) is 4. The Morgan fingerprint density at radius 1 is 0.583 bits per heavy atom. The van der Waals surface area contributed by atoms with Gasteiger partial charge in [0.1, 0.15) is 0 Å². The smallest absolute Gasteiger partial charge is 0.0738 e. The van der Waals surface area contributed by atoms with Crippen LogP contribution in [0.25, 0.3) is 32.9 Å². The molecule has 3 aromatic carbocycles. The van der Waals surface area contributed by atoms with Crippen LogP contribution in [-0.2, 0) is 0 Å². The van der Waals surface area contributed by atoms with Gasteiger partial charge in [-0.15, -0.1) is 0 Å². The van der Waals surface area contributed by atoms with Gasteiger partial charge in [-0.3, -0.25) is 0 Å². The number of nitrogens with zero attached hydrogens (tertiary/aromatic N) is 1. The minimum Gasteiger partial charge on any atom is -0.397 e. The Labute approximate surface area is 138 Å². The van der Waals surface area contributed by atoms with Gasteiger partial charge in [-0.05, 0) is 29.8 Å². The summed E-state index contributed by atoms with van der Waals surface area (Å²) in [5.41, 5.74) is 29.7. The van der Waals surface area contributed by atoms with E-state index >= 15 is 0 Å². The first-order valence-electron chi connectivity index (χ1n) is 7.57. The summed E-state index contributed by atoms with van der Waals surface area (Å²) in [4.78, 5) is 4.70. The van der Waals surface area contributed by atoms with Crippen LogP contribution in [0.15, 0.2) is 54.6 Å². The number of benzene rings is 3. The molecule has 0 atom stereocenters. The summed E-state index contributed by atoms with van der Waals surface area (Å²) in [7, 11) is 0. The van der Waals surface area contributed by atoms with E-state index in [4.69, 9.17) is 27.9 Å². The Kier molecular flexibility index (Phi) is 2.96. The highest BCUT2D eigenvalue weighted by atomic mass is 14.7. The van der Waals surface area contributed by atoms with Crippen molar-refractivity contribution in [3.63, 3.8) is 0 Å². The van der Waals surface area contributed by atoms with Gasteiger partial charge in [0.05, 0.1) is 33.8 Å². The number of pyridine rings is 1. The fourth-order valence-electron chi connectivity index (χ4n) is 3.02. The Bertz CT molecular complexity index is 1020. The van der Waals surface area contributed by atoms with Crippen LogP contribution in [0.2, 0.25) is 0 Å². The van der Waals surface area contributed by atoms with Crippen molar-refractivity contribution < 1.29 is 0 Å². The topological polar surface area (TPSA) is 117 Å². The van der Waals surface area contributed by atoms with Crippen LogP contribution in [-0.4, -0.2) is 4.98 Å². The molecule has 0 saturated carbocycles. The molecule has 0 aliphatic rings. The summed E-state index contributed by atoms with van der Waals surface area (Å²) in [5, 5.41) is 1.87. The first-order valence-corrected chi connectivity index (χ1v) is 7.57.